The summed E-state index contributed by atoms with van der Waals surface area (Å²) >= 11 is 0. The van der Waals surface area contributed by atoms with E-state index in [-0.39, 0.29) is 17.5 Å². The maximum atomic E-state index is 13.6. The number of amides is 1. The minimum absolute atomic E-state index is 0.223. The van der Waals surface area contributed by atoms with Crippen molar-refractivity contribution in [2.24, 2.45) is 5.73 Å². The number of halogens is 1. The Kier molecular flexibility index (Phi) is 5.30. The van der Waals surface area contributed by atoms with Gasteiger partial charge in [0.05, 0.1) is 12.1 Å². The molecule has 1 aromatic carbocycles. The van der Waals surface area contributed by atoms with Gasteiger partial charge in [-0.05, 0) is 44.9 Å². The van der Waals surface area contributed by atoms with Gasteiger partial charge in [-0.25, -0.2) is 4.39 Å². The lowest BCUT2D eigenvalue weighted by Gasteiger charge is -2.17. The van der Waals surface area contributed by atoms with E-state index in [9.17, 15) is 9.18 Å². The van der Waals surface area contributed by atoms with Crippen LogP contribution in [0.25, 0.3) is 0 Å². The van der Waals surface area contributed by atoms with Crippen molar-refractivity contribution in [1.82, 2.24) is 5.32 Å². The fraction of sp³-hybridized carbons (Fsp3) is 0.500. The number of carbonyl (C=O) groups excluding carboxylic acids is 1. The Hall–Kier alpha value is -1.62. The van der Waals surface area contributed by atoms with E-state index in [2.05, 4.69) is 5.32 Å². The lowest BCUT2D eigenvalue weighted by Crippen LogP contribution is -2.49. The van der Waals surface area contributed by atoms with Gasteiger partial charge in [0.2, 0.25) is 5.91 Å². The smallest absolute Gasteiger partial charge is 0.239 e. The van der Waals surface area contributed by atoms with Crippen LogP contribution in [0.4, 0.5) is 4.39 Å². The largest absolute Gasteiger partial charge is 0.491 e. The van der Waals surface area contributed by atoms with E-state index in [1.54, 1.807) is 32.9 Å². The van der Waals surface area contributed by atoms with Crippen LogP contribution in [0.3, 0.4) is 0 Å². The van der Waals surface area contributed by atoms with E-state index in [4.69, 9.17) is 10.5 Å². The predicted octanol–water partition coefficient (Wildman–Crippen LogP) is 1.62. The van der Waals surface area contributed by atoms with Gasteiger partial charge in [-0.1, -0.05) is 6.07 Å². The van der Waals surface area contributed by atoms with Crippen molar-refractivity contribution in [3.05, 3.63) is 29.6 Å². The number of nitrogens with two attached hydrogens (primary N) is 1. The summed E-state index contributed by atoms with van der Waals surface area (Å²) in [5.41, 5.74) is 5.55. The fourth-order valence-electron chi connectivity index (χ4n) is 1.52. The third-order valence-electron chi connectivity index (χ3n) is 2.58. The van der Waals surface area contributed by atoms with Crippen molar-refractivity contribution in [2.45, 2.75) is 32.7 Å². The summed E-state index contributed by atoms with van der Waals surface area (Å²) in [6.07, 6.45) is 0.547. The molecule has 4 nitrogen and oxygen atoms in total. The maximum Gasteiger partial charge on any atom is 0.239 e. The van der Waals surface area contributed by atoms with Crippen molar-refractivity contribution in [3.63, 3.8) is 0 Å². The van der Waals surface area contributed by atoms with Crippen LogP contribution < -0.4 is 15.8 Å². The molecule has 0 heterocycles. The molecule has 0 aliphatic heterocycles. The lowest BCUT2D eigenvalue weighted by molar-refractivity contribution is -0.125. The molecule has 1 aromatic rings. The fourth-order valence-corrected chi connectivity index (χ4v) is 1.52. The second kappa shape index (κ2) is 6.52. The normalized spacial score (nSPS) is 11.2. The first kappa shape index (κ1) is 15.4. The van der Waals surface area contributed by atoms with E-state index >= 15 is 0 Å². The third kappa shape index (κ3) is 4.87. The second-order valence-corrected chi connectivity index (χ2v) is 4.93. The monoisotopic (exact) mass is 268 g/mol. The van der Waals surface area contributed by atoms with Crippen LogP contribution in [0.15, 0.2) is 18.2 Å². The Morgan fingerprint density at radius 2 is 2.16 bits per heavy atom. The summed E-state index contributed by atoms with van der Waals surface area (Å²) in [5, 5.41) is 2.71. The van der Waals surface area contributed by atoms with Gasteiger partial charge in [0.25, 0.3) is 0 Å². The molecule has 1 amide bonds. The quantitative estimate of drug-likeness (QED) is 0.824. The van der Waals surface area contributed by atoms with Crippen molar-refractivity contribution in [1.29, 1.82) is 0 Å². The van der Waals surface area contributed by atoms with Gasteiger partial charge in [-0.3, -0.25) is 4.79 Å². The van der Waals surface area contributed by atoms with Gasteiger partial charge < -0.3 is 15.8 Å². The van der Waals surface area contributed by atoms with Gasteiger partial charge in [-0.15, -0.1) is 0 Å². The summed E-state index contributed by atoms with van der Waals surface area (Å²) in [5.74, 6) is -0.359. The molecule has 0 unspecified atom stereocenters. The first-order valence-electron chi connectivity index (χ1n) is 6.33. The van der Waals surface area contributed by atoms with Gasteiger partial charge in [0.1, 0.15) is 0 Å². The van der Waals surface area contributed by atoms with Crippen LogP contribution in [0, 0.1) is 5.82 Å². The Labute approximate surface area is 113 Å². The zero-order valence-electron chi connectivity index (χ0n) is 11.6. The molecule has 0 saturated carbocycles. The lowest BCUT2D eigenvalue weighted by atomic mass is 10.1. The third-order valence-corrected chi connectivity index (χ3v) is 2.58. The average molecular weight is 268 g/mol. The Bertz CT molecular complexity index is 442. The highest BCUT2D eigenvalue weighted by molar-refractivity contribution is 5.84. The number of nitrogens with one attached hydrogen (secondary N) is 1. The van der Waals surface area contributed by atoms with Crippen molar-refractivity contribution >= 4 is 5.91 Å². The number of carbonyl (C=O) groups is 1. The number of benzene rings is 1. The molecule has 0 bridgehead atoms. The molecular formula is C14H21FN2O2. The predicted molar refractivity (Wildman–Crippen MR) is 72.5 cm³/mol. The van der Waals surface area contributed by atoms with Crippen LogP contribution in [0.1, 0.15) is 26.3 Å². The van der Waals surface area contributed by atoms with Crippen LogP contribution in [0.2, 0.25) is 0 Å². The Morgan fingerprint density at radius 3 is 2.68 bits per heavy atom. The number of hydrogen-bond acceptors (Lipinski definition) is 3. The van der Waals surface area contributed by atoms with Crippen molar-refractivity contribution < 1.29 is 13.9 Å². The highest BCUT2D eigenvalue weighted by Gasteiger charge is 2.20. The molecule has 3 N–H and O–H groups in total. The number of ether oxygens (including phenoxy) is 1. The van der Waals surface area contributed by atoms with Gasteiger partial charge in [-0.2, -0.15) is 0 Å². The highest BCUT2D eigenvalue weighted by Crippen LogP contribution is 2.18. The molecule has 106 valence electrons. The first-order valence-corrected chi connectivity index (χ1v) is 6.33. The molecular weight excluding hydrogens is 247 g/mol. The number of rotatable bonds is 6. The van der Waals surface area contributed by atoms with Gasteiger partial charge in [0, 0.05) is 6.54 Å². The summed E-state index contributed by atoms with van der Waals surface area (Å²) < 4.78 is 18.7. The minimum atomic E-state index is -0.899. The van der Waals surface area contributed by atoms with Crippen LogP contribution in [-0.4, -0.2) is 24.6 Å². The number of hydrogen-bond donors (Lipinski definition) is 2. The molecule has 19 heavy (non-hydrogen) atoms. The first-order chi connectivity index (χ1) is 8.84. The SMILES string of the molecule is CCOc1ccc(CCNC(=O)C(C)(C)N)cc1F. The molecule has 0 radical (unpaired) electrons. The highest BCUT2D eigenvalue weighted by atomic mass is 19.1. The van der Waals surface area contributed by atoms with Crippen molar-refractivity contribution in [2.75, 3.05) is 13.2 Å². The zero-order chi connectivity index (χ0) is 14.5. The second-order valence-electron chi connectivity index (χ2n) is 4.93. The van der Waals surface area contributed by atoms with E-state index in [1.807, 2.05) is 0 Å². The van der Waals surface area contributed by atoms with Crippen LogP contribution >= 0.6 is 0 Å². The molecule has 0 fully saturated rings. The molecule has 0 aliphatic rings. The van der Waals surface area contributed by atoms with E-state index < -0.39 is 5.54 Å². The summed E-state index contributed by atoms with van der Waals surface area (Å²) in [4.78, 5) is 11.5. The minimum Gasteiger partial charge on any atom is -0.491 e. The van der Waals surface area contributed by atoms with Crippen LogP contribution in [-0.2, 0) is 11.2 Å². The summed E-state index contributed by atoms with van der Waals surface area (Å²) in [6, 6.07) is 4.81. The standard InChI is InChI=1S/C14H21FN2O2/c1-4-19-12-6-5-10(9-11(12)15)7-8-17-13(18)14(2,3)16/h5-6,9H,4,7-8,16H2,1-3H3,(H,17,18). The van der Waals surface area contributed by atoms with Crippen molar-refractivity contribution in [3.8, 4) is 5.75 Å². The topological polar surface area (TPSA) is 64.3 Å². The molecule has 0 spiro atoms. The average Bonchev–Trinajstić information content (AvgIpc) is 2.31. The summed E-state index contributed by atoms with van der Waals surface area (Å²) in [7, 11) is 0. The van der Waals surface area contributed by atoms with E-state index in [0.717, 1.165) is 5.56 Å². The summed E-state index contributed by atoms with van der Waals surface area (Å²) in [6.45, 7) is 5.93. The van der Waals surface area contributed by atoms with Gasteiger partial charge >= 0.3 is 0 Å². The van der Waals surface area contributed by atoms with E-state index in [0.29, 0.717) is 19.6 Å². The maximum absolute atomic E-state index is 13.6. The van der Waals surface area contributed by atoms with E-state index in [1.165, 1.54) is 6.07 Å². The zero-order valence-corrected chi connectivity index (χ0v) is 11.6. The Balaban J connectivity index is 2.51. The molecule has 1 rings (SSSR count). The molecule has 0 atom stereocenters. The molecule has 5 heteroatoms. The Morgan fingerprint density at radius 1 is 1.47 bits per heavy atom. The molecule has 0 saturated heterocycles. The molecule has 0 aromatic heterocycles. The van der Waals surface area contributed by atoms with Crippen LogP contribution in [0.5, 0.6) is 5.75 Å². The molecule has 0 aliphatic carbocycles. The van der Waals surface area contributed by atoms with Gasteiger partial charge in [0.15, 0.2) is 11.6 Å².